The van der Waals surface area contributed by atoms with Gasteiger partial charge in [-0.3, -0.25) is 0 Å². The van der Waals surface area contributed by atoms with Crippen LogP contribution >= 0.6 is 11.7 Å². The Morgan fingerprint density at radius 2 is 2.00 bits per heavy atom. The first kappa shape index (κ1) is 15.2. The van der Waals surface area contributed by atoms with Crippen LogP contribution in [0.3, 0.4) is 0 Å². The van der Waals surface area contributed by atoms with Crippen molar-refractivity contribution in [1.29, 1.82) is 0 Å². The standard InChI is InChI=1S/C9H17N3O5S/c13-4-9(5-14,6-15)10-1-7(16)3-17-8-2-11-18-12-8/h2,7,10,13-16H,1,3-6H2. The third-order valence-corrected chi connectivity index (χ3v) is 2.85. The zero-order chi connectivity index (χ0) is 13.4. The van der Waals surface area contributed by atoms with E-state index in [-0.39, 0.29) is 13.2 Å². The smallest absolute Gasteiger partial charge is 0.245 e. The molecule has 5 N–H and O–H groups in total. The Morgan fingerprint density at radius 3 is 2.50 bits per heavy atom. The molecule has 1 unspecified atom stereocenters. The molecule has 0 aliphatic carbocycles. The molecule has 0 bridgehead atoms. The van der Waals surface area contributed by atoms with E-state index in [4.69, 9.17) is 20.1 Å². The summed E-state index contributed by atoms with van der Waals surface area (Å²) in [6.45, 7) is -1.27. The Hall–Kier alpha value is -0.840. The molecule has 0 aliphatic heterocycles. The maximum absolute atomic E-state index is 9.62. The number of hydrogen-bond acceptors (Lipinski definition) is 9. The summed E-state index contributed by atoms with van der Waals surface area (Å²) in [5, 5.41) is 39.5. The van der Waals surface area contributed by atoms with Crippen LogP contribution in [0.15, 0.2) is 6.20 Å². The van der Waals surface area contributed by atoms with E-state index >= 15 is 0 Å². The minimum Gasteiger partial charge on any atom is -0.473 e. The second kappa shape index (κ2) is 7.56. The predicted octanol–water partition coefficient (Wildman–Crippen LogP) is -2.42. The molecular weight excluding hydrogens is 262 g/mol. The molecule has 0 aliphatic rings. The molecule has 9 heteroatoms. The maximum Gasteiger partial charge on any atom is 0.245 e. The van der Waals surface area contributed by atoms with Gasteiger partial charge in [0.25, 0.3) is 0 Å². The van der Waals surface area contributed by atoms with Crippen LogP contribution in [0.5, 0.6) is 5.88 Å². The molecule has 0 amide bonds. The Balaban J connectivity index is 2.29. The van der Waals surface area contributed by atoms with Crippen LogP contribution < -0.4 is 10.1 Å². The fourth-order valence-corrected chi connectivity index (χ4v) is 1.48. The Bertz CT molecular complexity index is 312. The minimum atomic E-state index is -1.21. The SMILES string of the molecule is OCC(CO)(CO)NCC(O)COc1cnsn1. The topological polar surface area (TPSA) is 128 Å². The maximum atomic E-state index is 9.62. The highest BCUT2D eigenvalue weighted by atomic mass is 32.1. The lowest BCUT2D eigenvalue weighted by Gasteiger charge is -2.29. The van der Waals surface area contributed by atoms with Gasteiger partial charge in [0, 0.05) is 6.54 Å². The van der Waals surface area contributed by atoms with Crippen LogP contribution in [0.25, 0.3) is 0 Å². The van der Waals surface area contributed by atoms with E-state index in [2.05, 4.69) is 14.1 Å². The number of nitrogens with one attached hydrogen (secondary N) is 1. The van der Waals surface area contributed by atoms with Crippen molar-refractivity contribution in [3.8, 4) is 5.88 Å². The average Bonchev–Trinajstić information content (AvgIpc) is 2.92. The van der Waals surface area contributed by atoms with Crippen molar-refractivity contribution in [1.82, 2.24) is 14.1 Å². The van der Waals surface area contributed by atoms with Crippen molar-refractivity contribution in [3.05, 3.63) is 6.20 Å². The number of rotatable bonds is 9. The van der Waals surface area contributed by atoms with Gasteiger partial charge in [-0.25, -0.2) is 0 Å². The van der Waals surface area contributed by atoms with Crippen LogP contribution in [-0.2, 0) is 0 Å². The van der Waals surface area contributed by atoms with Crippen LogP contribution in [0.1, 0.15) is 0 Å². The van der Waals surface area contributed by atoms with E-state index in [0.29, 0.717) is 5.88 Å². The molecule has 18 heavy (non-hydrogen) atoms. The largest absolute Gasteiger partial charge is 0.473 e. The molecule has 1 rings (SSSR count). The molecule has 1 atom stereocenters. The molecule has 8 nitrogen and oxygen atoms in total. The molecular formula is C9H17N3O5S. The number of nitrogens with zero attached hydrogens (tertiary/aromatic N) is 2. The van der Waals surface area contributed by atoms with Crippen molar-refractivity contribution < 1.29 is 25.2 Å². The first-order chi connectivity index (χ1) is 8.65. The molecule has 0 spiro atoms. The highest BCUT2D eigenvalue weighted by Gasteiger charge is 2.28. The molecule has 0 fully saturated rings. The number of aromatic nitrogens is 2. The predicted molar refractivity (Wildman–Crippen MR) is 63.4 cm³/mol. The number of ether oxygens (including phenoxy) is 1. The fraction of sp³-hybridized carbons (Fsp3) is 0.778. The van der Waals surface area contributed by atoms with Crippen LogP contribution in [-0.4, -0.2) is 73.8 Å². The lowest BCUT2D eigenvalue weighted by Crippen LogP contribution is -2.57. The quantitative estimate of drug-likeness (QED) is 0.338. The van der Waals surface area contributed by atoms with E-state index in [9.17, 15) is 5.11 Å². The van der Waals surface area contributed by atoms with Crippen molar-refractivity contribution >= 4 is 11.7 Å². The summed E-state index contributed by atoms with van der Waals surface area (Å²) in [6.07, 6.45) is 0.570. The summed E-state index contributed by atoms with van der Waals surface area (Å²) in [5.41, 5.74) is -1.21. The lowest BCUT2D eigenvalue weighted by molar-refractivity contribution is 0.0258. The second-order valence-electron chi connectivity index (χ2n) is 3.85. The van der Waals surface area contributed by atoms with E-state index < -0.39 is 31.5 Å². The molecule has 0 saturated heterocycles. The first-order valence-electron chi connectivity index (χ1n) is 5.32. The normalized spacial score (nSPS) is 13.6. The van der Waals surface area contributed by atoms with Crippen molar-refractivity contribution in [2.75, 3.05) is 33.0 Å². The first-order valence-corrected chi connectivity index (χ1v) is 6.05. The number of β-amino-alcohol motifs (C(OH)–C–C–N with tert-alkyl or cyclic N) is 1. The van der Waals surface area contributed by atoms with Gasteiger partial charge in [0.1, 0.15) is 18.9 Å². The monoisotopic (exact) mass is 279 g/mol. The second-order valence-corrected chi connectivity index (χ2v) is 4.40. The number of hydrogen-bond donors (Lipinski definition) is 5. The number of aliphatic hydroxyl groups excluding tert-OH is 4. The zero-order valence-electron chi connectivity index (χ0n) is 9.69. The summed E-state index contributed by atoms with van der Waals surface area (Å²) in [4.78, 5) is 0. The molecule has 0 aromatic carbocycles. The summed E-state index contributed by atoms with van der Waals surface area (Å²) in [7, 11) is 0. The highest BCUT2D eigenvalue weighted by molar-refractivity contribution is 6.99. The van der Waals surface area contributed by atoms with Crippen molar-refractivity contribution in [2.24, 2.45) is 0 Å². The Morgan fingerprint density at radius 1 is 1.33 bits per heavy atom. The molecule has 1 aromatic heterocycles. The summed E-state index contributed by atoms with van der Waals surface area (Å²) in [5.74, 6) is 0.330. The molecule has 1 heterocycles. The van der Waals surface area contributed by atoms with Gasteiger partial charge in [0.2, 0.25) is 5.88 Å². The van der Waals surface area contributed by atoms with Crippen LogP contribution in [0, 0.1) is 0 Å². The van der Waals surface area contributed by atoms with Gasteiger partial charge in [0.15, 0.2) is 0 Å². The molecule has 1 aromatic rings. The highest BCUT2D eigenvalue weighted by Crippen LogP contribution is 2.06. The average molecular weight is 279 g/mol. The summed E-state index contributed by atoms with van der Waals surface area (Å²) < 4.78 is 12.7. The van der Waals surface area contributed by atoms with Crippen LogP contribution in [0.4, 0.5) is 0 Å². The van der Waals surface area contributed by atoms with E-state index in [0.717, 1.165) is 11.7 Å². The number of aliphatic hydroxyl groups is 4. The molecule has 0 radical (unpaired) electrons. The zero-order valence-corrected chi connectivity index (χ0v) is 10.5. The molecule has 104 valence electrons. The van der Waals surface area contributed by atoms with Gasteiger partial charge in [-0.1, -0.05) is 0 Å². The van der Waals surface area contributed by atoms with Crippen molar-refractivity contribution in [2.45, 2.75) is 11.6 Å². The minimum absolute atomic E-state index is 0.00320. The van der Waals surface area contributed by atoms with Gasteiger partial charge in [-0.2, -0.15) is 4.37 Å². The van der Waals surface area contributed by atoms with E-state index in [1.54, 1.807) is 0 Å². The van der Waals surface area contributed by atoms with Gasteiger partial charge in [-0.15, -0.1) is 4.37 Å². The van der Waals surface area contributed by atoms with E-state index in [1.807, 2.05) is 0 Å². The Kier molecular flexibility index (Phi) is 6.39. The lowest BCUT2D eigenvalue weighted by atomic mass is 10.0. The summed E-state index contributed by atoms with van der Waals surface area (Å²) >= 11 is 0.998. The molecule has 0 saturated carbocycles. The van der Waals surface area contributed by atoms with Gasteiger partial charge >= 0.3 is 0 Å². The van der Waals surface area contributed by atoms with Gasteiger partial charge in [-0.05, 0) is 0 Å². The third kappa shape index (κ3) is 4.44. The fourth-order valence-electron chi connectivity index (χ4n) is 1.11. The third-order valence-electron chi connectivity index (χ3n) is 2.39. The van der Waals surface area contributed by atoms with E-state index in [1.165, 1.54) is 6.20 Å². The Labute approximate surface area is 108 Å². The summed E-state index contributed by atoms with van der Waals surface area (Å²) in [6, 6.07) is 0. The van der Waals surface area contributed by atoms with Gasteiger partial charge < -0.3 is 30.5 Å². The van der Waals surface area contributed by atoms with Crippen LogP contribution in [0.2, 0.25) is 0 Å². The van der Waals surface area contributed by atoms with Crippen molar-refractivity contribution in [3.63, 3.8) is 0 Å². The van der Waals surface area contributed by atoms with Gasteiger partial charge in [0.05, 0.1) is 37.1 Å².